The Morgan fingerprint density at radius 2 is 1.87 bits per heavy atom. The molecule has 3 heterocycles. The van der Waals surface area contributed by atoms with E-state index < -0.39 is 0 Å². The molecule has 2 aliphatic heterocycles. The predicted octanol–water partition coefficient (Wildman–Crippen LogP) is 5.53. The van der Waals surface area contributed by atoms with Gasteiger partial charge in [-0.15, -0.1) is 36.2 Å². The number of piperazine rings is 1. The first-order valence-corrected chi connectivity index (χ1v) is 11.0. The standard InChI is InChI=1S/C23H26N4OS.2ClH/c1-26-12-13-27(15-16(26)11-14-28-2)22-21-17-7-3-6-10-20(17)29-23(21)25-19-9-5-4-8-18(19)24-22;;/h3-10,16,25H,11-15H2,1-2H3;2*1H/t16-;;/m0../s1. The van der Waals surface area contributed by atoms with Crippen molar-refractivity contribution in [2.45, 2.75) is 12.5 Å². The van der Waals surface area contributed by atoms with Crippen LogP contribution in [0, 0.1) is 0 Å². The second-order valence-electron chi connectivity index (χ2n) is 7.74. The summed E-state index contributed by atoms with van der Waals surface area (Å²) in [6.07, 6.45) is 1.03. The molecule has 31 heavy (non-hydrogen) atoms. The van der Waals surface area contributed by atoms with E-state index in [0.717, 1.165) is 49.9 Å². The van der Waals surface area contributed by atoms with Gasteiger partial charge in [0, 0.05) is 49.5 Å². The first kappa shape index (κ1) is 23.8. The van der Waals surface area contributed by atoms with E-state index >= 15 is 0 Å². The van der Waals surface area contributed by atoms with Crippen molar-refractivity contribution in [3.8, 4) is 0 Å². The zero-order valence-electron chi connectivity index (χ0n) is 17.7. The fraction of sp³-hybridized carbons (Fsp3) is 0.348. The van der Waals surface area contributed by atoms with E-state index in [1.54, 1.807) is 7.11 Å². The van der Waals surface area contributed by atoms with Gasteiger partial charge in [-0.05, 0) is 31.7 Å². The first-order valence-electron chi connectivity index (χ1n) is 10.2. The van der Waals surface area contributed by atoms with Gasteiger partial charge in [0.1, 0.15) is 10.8 Å². The van der Waals surface area contributed by atoms with Gasteiger partial charge in [-0.1, -0.05) is 30.3 Å². The van der Waals surface area contributed by atoms with Gasteiger partial charge < -0.3 is 15.0 Å². The van der Waals surface area contributed by atoms with E-state index in [1.165, 1.54) is 20.7 Å². The Morgan fingerprint density at radius 3 is 2.71 bits per heavy atom. The van der Waals surface area contributed by atoms with Crippen LogP contribution < -0.4 is 5.32 Å². The minimum Gasteiger partial charge on any atom is -0.385 e. The number of fused-ring (bicyclic) bond motifs is 4. The van der Waals surface area contributed by atoms with E-state index in [4.69, 9.17) is 9.73 Å². The summed E-state index contributed by atoms with van der Waals surface area (Å²) in [6.45, 7) is 3.75. The third kappa shape index (κ3) is 4.54. The number of nitrogens with zero attached hydrogens (tertiary/aromatic N) is 3. The Hall–Kier alpha value is -1.83. The molecule has 1 atom stereocenters. The number of para-hydroxylation sites is 2. The largest absolute Gasteiger partial charge is 0.385 e. The number of hydrogen-bond acceptors (Lipinski definition) is 6. The molecule has 0 amide bonds. The van der Waals surface area contributed by atoms with Crippen LogP contribution in [0.2, 0.25) is 0 Å². The van der Waals surface area contributed by atoms with E-state index in [9.17, 15) is 0 Å². The van der Waals surface area contributed by atoms with Crippen LogP contribution in [0.4, 0.5) is 16.4 Å². The number of hydrogen-bond donors (Lipinski definition) is 1. The topological polar surface area (TPSA) is 40.1 Å². The fourth-order valence-corrected chi connectivity index (χ4v) is 5.37. The molecule has 0 saturated carbocycles. The Kier molecular flexibility index (Phi) is 7.83. The second-order valence-corrected chi connectivity index (χ2v) is 8.79. The third-order valence-corrected chi connectivity index (χ3v) is 7.02. The summed E-state index contributed by atoms with van der Waals surface area (Å²) in [6, 6.07) is 17.4. The summed E-state index contributed by atoms with van der Waals surface area (Å²) < 4.78 is 6.65. The first-order chi connectivity index (χ1) is 14.2. The lowest BCUT2D eigenvalue weighted by Gasteiger charge is -2.41. The minimum atomic E-state index is 0. The van der Waals surface area contributed by atoms with Crippen LogP contribution in [-0.4, -0.2) is 62.1 Å². The fourth-order valence-electron chi connectivity index (χ4n) is 4.26. The molecular weight excluding hydrogens is 451 g/mol. The number of nitrogens with one attached hydrogen (secondary N) is 1. The van der Waals surface area contributed by atoms with Crippen molar-refractivity contribution in [2.24, 2.45) is 4.99 Å². The summed E-state index contributed by atoms with van der Waals surface area (Å²) in [7, 11) is 4.00. The molecule has 5 rings (SSSR count). The van der Waals surface area contributed by atoms with Crippen molar-refractivity contribution in [1.82, 2.24) is 9.80 Å². The average molecular weight is 479 g/mol. The molecule has 0 spiro atoms. The molecule has 1 N–H and O–H groups in total. The number of anilines is 2. The number of ether oxygens (including phenoxy) is 1. The SMILES string of the molecule is COCC[C@H]1CN(C2=Nc3ccccc3Nc3sc4ccccc4c32)CCN1C.Cl.Cl. The van der Waals surface area contributed by atoms with Gasteiger partial charge in [-0.25, -0.2) is 4.99 Å². The number of benzene rings is 2. The Labute approximate surface area is 199 Å². The van der Waals surface area contributed by atoms with Gasteiger partial charge >= 0.3 is 0 Å². The molecule has 8 heteroatoms. The highest BCUT2D eigenvalue weighted by Gasteiger charge is 2.31. The molecule has 0 bridgehead atoms. The number of likely N-dealkylation sites (N-methyl/N-ethyl adjacent to an activating group) is 1. The zero-order valence-corrected chi connectivity index (χ0v) is 20.2. The number of rotatable bonds is 3. The van der Waals surface area contributed by atoms with Crippen LogP contribution in [0.3, 0.4) is 0 Å². The van der Waals surface area contributed by atoms with Crippen molar-refractivity contribution < 1.29 is 4.74 Å². The smallest absolute Gasteiger partial charge is 0.140 e. The summed E-state index contributed by atoms with van der Waals surface area (Å²) in [5.41, 5.74) is 3.31. The summed E-state index contributed by atoms with van der Waals surface area (Å²) in [5, 5.41) is 6.12. The van der Waals surface area contributed by atoms with Crippen LogP contribution in [0.25, 0.3) is 10.1 Å². The van der Waals surface area contributed by atoms with Gasteiger partial charge in [0.2, 0.25) is 0 Å². The normalized spacial score (nSPS) is 18.1. The van der Waals surface area contributed by atoms with Gasteiger partial charge in [-0.3, -0.25) is 4.90 Å². The third-order valence-electron chi connectivity index (χ3n) is 5.93. The molecule has 166 valence electrons. The van der Waals surface area contributed by atoms with Crippen molar-refractivity contribution in [3.63, 3.8) is 0 Å². The highest BCUT2D eigenvalue weighted by Crippen LogP contribution is 2.43. The number of amidine groups is 1. The van der Waals surface area contributed by atoms with Gasteiger partial charge in [0.25, 0.3) is 0 Å². The highest BCUT2D eigenvalue weighted by molar-refractivity contribution is 7.23. The molecule has 2 aliphatic rings. The predicted molar refractivity (Wildman–Crippen MR) is 137 cm³/mol. The van der Waals surface area contributed by atoms with Crippen molar-refractivity contribution in [2.75, 3.05) is 45.7 Å². The quantitative estimate of drug-likeness (QED) is 0.536. The Morgan fingerprint density at radius 1 is 1.10 bits per heavy atom. The summed E-state index contributed by atoms with van der Waals surface area (Å²) in [4.78, 5) is 10.1. The van der Waals surface area contributed by atoms with Crippen LogP contribution in [-0.2, 0) is 4.74 Å². The lowest BCUT2D eigenvalue weighted by molar-refractivity contribution is 0.100. The zero-order chi connectivity index (χ0) is 19.8. The van der Waals surface area contributed by atoms with Gasteiger partial charge in [0.05, 0.1) is 16.9 Å². The molecule has 3 aromatic rings. The second kappa shape index (κ2) is 10.2. The maximum atomic E-state index is 5.36. The molecule has 5 nitrogen and oxygen atoms in total. The molecule has 0 aliphatic carbocycles. The van der Waals surface area contributed by atoms with E-state index in [1.807, 2.05) is 11.3 Å². The van der Waals surface area contributed by atoms with Crippen LogP contribution >= 0.6 is 36.2 Å². The summed E-state index contributed by atoms with van der Waals surface area (Å²) in [5.74, 6) is 1.09. The number of aliphatic imine (C=N–C) groups is 1. The van der Waals surface area contributed by atoms with E-state index in [-0.39, 0.29) is 24.8 Å². The Balaban J connectivity index is 0.00000136. The van der Waals surface area contributed by atoms with Crippen molar-refractivity contribution in [1.29, 1.82) is 0 Å². The maximum Gasteiger partial charge on any atom is 0.140 e. The van der Waals surface area contributed by atoms with Crippen LogP contribution in [0.5, 0.6) is 0 Å². The highest BCUT2D eigenvalue weighted by atomic mass is 35.5. The minimum absolute atomic E-state index is 0. The molecule has 2 aromatic carbocycles. The van der Waals surface area contributed by atoms with Crippen LogP contribution in [0.1, 0.15) is 12.0 Å². The van der Waals surface area contributed by atoms with Crippen LogP contribution in [0.15, 0.2) is 53.5 Å². The number of halogens is 2. The van der Waals surface area contributed by atoms with Gasteiger partial charge in [-0.2, -0.15) is 0 Å². The summed E-state index contributed by atoms with van der Waals surface area (Å²) >= 11 is 1.81. The monoisotopic (exact) mass is 478 g/mol. The molecule has 1 fully saturated rings. The number of methoxy groups -OCH3 is 1. The van der Waals surface area contributed by atoms with E-state index in [2.05, 4.69) is 70.7 Å². The van der Waals surface area contributed by atoms with Crippen molar-refractivity contribution in [3.05, 3.63) is 54.1 Å². The Bertz CT molecular complexity index is 1070. The maximum absolute atomic E-state index is 5.36. The van der Waals surface area contributed by atoms with E-state index in [0.29, 0.717) is 6.04 Å². The molecule has 0 unspecified atom stereocenters. The van der Waals surface area contributed by atoms with Gasteiger partial charge in [0.15, 0.2) is 0 Å². The lowest BCUT2D eigenvalue weighted by atomic mass is 10.1. The molecular formula is C23H28Cl2N4OS. The number of thiophene rings is 1. The molecule has 0 radical (unpaired) electrons. The molecule has 1 aromatic heterocycles. The van der Waals surface area contributed by atoms with Crippen molar-refractivity contribution >= 4 is 68.4 Å². The lowest BCUT2D eigenvalue weighted by Crippen LogP contribution is -2.53. The average Bonchev–Trinajstić information content (AvgIpc) is 3.01. The molecule has 1 saturated heterocycles.